The van der Waals surface area contributed by atoms with Crippen LogP contribution in [0, 0.1) is 10.1 Å². The zero-order valence-corrected chi connectivity index (χ0v) is 20.0. The molecule has 3 aliphatic heterocycles. The van der Waals surface area contributed by atoms with Gasteiger partial charge in [0.2, 0.25) is 0 Å². The molecule has 0 aliphatic carbocycles. The Hall–Kier alpha value is -4.17. The minimum atomic E-state index is -0.594. The molecule has 1 saturated heterocycles. The Kier molecular flexibility index (Phi) is 6.69. The smallest absolute Gasteiger partial charge is 0.355 e. The third-order valence-corrected chi connectivity index (χ3v) is 6.94. The Labute approximate surface area is 210 Å². The van der Waals surface area contributed by atoms with Crippen LogP contribution >= 0.6 is 0 Å². The van der Waals surface area contributed by atoms with E-state index in [4.69, 9.17) is 0 Å². The quantitative estimate of drug-likeness (QED) is 0.370. The number of nitro groups is 1. The molecule has 2 aromatic carbocycles. The van der Waals surface area contributed by atoms with Crippen molar-refractivity contribution in [3.8, 4) is 0 Å². The topological polar surface area (TPSA) is 82.0 Å². The van der Waals surface area contributed by atoms with Gasteiger partial charge in [0.15, 0.2) is 0 Å². The lowest BCUT2D eigenvalue weighted by atomic mass is 9.95. The molecule has 3 aliphatic rings. The van der Waals surface area contributed by atoms with Crippen LogP contribution in [0.15, 0.2) is 109 Å². The van der Waals surface area contributed by atoms with Crippen molar-refractivity contribution >= 4 is 5.91 Å². The molecule has 184 valence electrons. The molecule has 8 nitrogen and oxygen atoms in total. The van der Waals surface area contributed by atoms with Gasteiger partial charge in [0.1, 0.15) is 11.7 Å². The van der Waals surface area contributed by atoms with Gasteiger partial charge in [-0.3, -0.25) is 19.8 Å². The number of benzene rings is 2. The number of carbonyl (C=O) groups is 1. The minimum Gasteiger partial charge on any atom is -0.377 e. The van der Waals surface area contributed by atoms with Gasteiger partial charge in [-0.05, 0) is 29.5 Å². The molecule has 1 atom stereocenters. The van der Waals surface area contributed by atoms with Gasteiger partial charge >= 0.3 is 11.6 Å². The third kappa shape index (κ3) is 4.31. The molecule has 5 rings (SSSR count). The van der Waals surface area contributed by atoms with Crippen LogP contribution in [0.1, 0.15) is 17.2 Å². The first kappa shape index (κ1) is 23.6. The summed E-state index contributed by atoms with van der Waals surface area (Å²) in [5, 5.41) is 15.4. The highest BCUT2D eigenvalue weighted by atomic mass is 16.6. The summed E-state index contributed by atoms with van der Waals surface area (Å²) in [5.74, 6) is -0.594. The van der Waals surface area contributed by atoms with E-state index in [9.17, 15) is 14.9 Å². The van der Waals surface area contributed by atoms with Crippen molar-refractivity contribution in [2.24, 2.45) is 0 Å². The Bertz CT molecular complexity index is 1190. The lowest BCUT2D eigenvalue weighted by Crippen LogP contribution is -2.56. The van der Waals surface area contributed by atoms with E-state index in [1.54, 1.807) is 12.3 Å². The molecular weight excluding hydrogens is 454 g/mol. The van der Waals surface area contributed by atoms with E-state index in [1.807, 2.05) is 29.2 Å². The number of hydrogen-bond acceptors (Lipinski definition) is 6. The first-order chi connectivity index (χ1) is 17.6. The van der Waals surface area contributed by atoms with Crippen molar-refractivity contribution in [3.63, 3.8) is 0 Å². The molecule has 2 aromatic rings. The van der Waals surface area contributed by atoms with Gasteiger partial charge in [0.25, 0.3) is 0 Å². The largest absolute Gasteiger partial charge is 0.377 e. The molecule has 0 aromatic heterocycles. The predicted molar refractivity (Wildman–Crippen MR) is 138 cm³/mol. The van der Waals surface area contributed by atoms with E-state index >= 15 is 0 Å². The number of fused-ring (bicyclic) bond motifs is 1. The number of amides is 1. The first-order valence-corrected chi connectivity index (χ1v) is 12.1. The lowest BCUT2D eigenvalue weighted by Gasteiger charge is -2.45. The molecule has 1 amide bonds. The maximum absolute atomic E-state index is 13.3. The normalized spacial score (nSPS) is 20.2. The van der Waals surface area contributed by atoms with Crippen LogP contribution in [0.5, 0.6) is 0 Å². The number of allylic oxidation sites excluding steroid dienone is 2. The zero-order valence-electron chi connectivity index (χ0n) is 20.0. The number of hydrogen-bond donors (Lipinski definition) is 1. The first-order valence-electron chi connectivity index (χ1n) is 12.1. The Balaban J connectivity index is 1.45. The summed E-state index contributed by atoms with van der Waals surface area (Å²) in [4.78, 5) is 30.7. The maximum atomic E-state index is 13.3. The highest BCUT2D eigenvalue weighted by Crippen LogP contribution is 2.34. The number of carbonyl (C=O) groups excluding carboxylic acids is 1. The highest BCUT2D eigenvalue weighted by molar-refractivity contribution is 5.95. The van der Waals surface area contributed by atoms with E-state index in [-0.39, 0.29) is 18.3 Å². The van der Waals surface area contributed by atoms with Crippen LogP contribution in [0.25, 0.3) is 0 Å². The van der Waals surface area contributed by atoms with Gasteiger partial charge in [-0.25, -0.2) is 0 Å². The lowest BCUT2D eigenvalue weighted by molar-refractivity contribution is -0.423. The van der Waals surface area contributed by atoms with Crippen LogP contribution in [0.3, 0.4) is 0 Å². The summed E-state index contributed by atoms with van der Waals surface area (Å²) in [5.41, 5.74) is 3.20. The van der Waals surface area contributed by atoms with Crippen molar-refractivity contribution in [1.29, 1.82) is 0 Å². The molecule has 0 radical (unpaired) electrons. The van der Waals surface area contributed by atoms with Crippen molar-refractivity contribution in [2.75, 3.05) is 32.7 Å². The molecule has 1 N–H and O–H groups in total. The standard InChI is InChI=1S/C28H29N5O3/c1-2-16-32-23-14-9-15-29-24(23)26(27(28(32)34)33(35)36)31-19-17-30(18-20-31)25(21-10-5-3-6-11-21)22-12-7-4-8-13-22/h2-15,24-25,29H,1,16-20H2. The van der Waals surface area contributed by atoms with Crippen LogP contribution < -0.4 is 5.32 Å². The van der Waals surface area contributed by atoms with Crippen LogP contribution in [-0.2, 0) is 4.79 Å². The predicted octanol–water partition coefficient (Wildman–Crippen LogP) is 3.28. The second kappa shape index (κ2) is 10.2. The summed E-state index contributed by atoms with van der Waals surface area (Å²) in [6.07, 6.45) is 7.01. The van der Waals surface area contributed by atoms with Gasteiger partial charge in [0, 0.05) is 32.7 Å². The Morgan fingerprint density at radius 1 is 1.03 bits per heavy atom. The van der Waals surface area contributed by atoms with Gasteiger partial charge in [-0.1, -0.05) is 66.7 Å². The Morgan fingerprint density at radius 2 is 1.64 bits per heavy atom. The van der Waals surface area contributed by atoms with E-state index in [2.05, 4.69) is 65.3 Å². The SMILES string of the molecule is C=CCN1C(=O)C([N+](=O)[O-])=C(N2CCN(C(c3ccccc3)c3ccccc3)CC2)C2NC=CC=C21. The van der Waals surface area contributed by atoms with E-state index < -0.39 is 16.9 Å². The number of piperazine rings is 1. The molecular formula is C28H29N5O3. The summed E-state index contributed by atoms with van der Waals surface area (Å²) >= 11 is 0. The molecule has 36 heavy (non-hydrogen) atoms. The maximum Gasteiger partial charge on any atom is 0.355 e. The van der Waals surface area contributed by atoms with Crippen LogP contribution in [-0.4, -0.2) is 64.3 Å². The number of dihydropyridines is 1. The van der Waals surface area contributed by atoms with Gasteiger partial charge < -0.3 is 15.1 Å². The van der Waals surface area contributed by atoms with Gasteiger partial charge in [-0.15, -0.1) is 6.58 Å². The molecule has 0 spiro atoms. The molecule has 1 fully saturated rings. The number of nitrogens with zero attached hydrogens (tertiary/aromatic N) is 4. The fraction of sp³-hybridized carbons (Fsp3) is 0.250. The number of nitrogens with one attached hydrogen (secondary N) is 1. The van der Waals surface area contributed by atoms with Crippen molar-refractivity contribution in [3.05, 3.63) is 130 Å². The number of rotatable bonds is 7. The molecule has 1 unspecified atom stereocenters. The van der Waals surface area contributed by atoms with Crippen molar-refractivity contribution in [1.82, 2.24) is 20.0 Å². The van der Waals surface area contributed by atoms with Crippen LogP contribution in [0.4, 0.5) is 0 Å². The highest BCUT2D eigenvalue weighted by Gasteiger charge is 2.47. The van der Waals surface area contributed by atoms with Crippen LogP contribution in [0.2, 0.25) is 0 Å². The summed E-state index contributed by atoms with van der Waals surface area (Å²) in [6, 6.07) is 20.4. The second-order valence-corrected chi connectivity index (χ2v) is 8.99. The van der Waals surface area contributed by atoms with Gasteiger partial charge in [0.05, 0.1) is 16.7 Å². The average Bonchev–Trinajstić information content (AvgIpc) is 2.91. The molecule has 0 bridgehead atoms. The minimum absolute atomic E-state index is 0.0841. The van der Waals surface area contributed by atoms with E-state index in [1.165, 1.54) is 16.0 Å². The van der Waals surface area contributed by atoms with Crippen molar-refractivity contribution < 1.29 is 9.72 Å². The third-order valence-electron chi connectivity index (χ3n) is 6.94. The fourth-order valence-corrected chi connectivity index (χ4v) is 5.36. The molecule has 3 heterocycles. The van der Waals surface area contributed by atoms with Gasteiger partial charge in [-0.2, -0.15) is 0 Å². The van der Waals surface area contributed by atoms with E-state index in [0.29, 0.717) is 37.6 Å². The van der Waals surface area contributed by atoms with E-state index in [0.717, 1.165) is 0 Å². The fourth-order valence-electron chi connectivity index (χ4n) is 5.36. The molecule has 8 heteroatoms. The second-order valence-electron chi connectivity index (χ2n) is 8.99. The summed E-state index contributed by atoms with van der Waals surface area (Å²) < 4.78 is 0. The zero-order chi connectivity index (χ0) is 25.1. The summed E-state index contributed by atoms with van der Waals surface area (Å²) in [6.45, 7) is 6.49. The molecule has 0 saturated carbocycles. The average molecular weight is 484 g/mol. The van der Waals surface area contributed by atoms with Crippen molar-refractivity contribution in [2.45, 2.75) is 12.1 Å². The monoisotopic (exact) mass is 483 g/mol. The summed E-state index contributed by atoms with van der Waals surface area (Å²) in [7, 11) is 0. The Morgan fingerprint density at radius 3 is 2.19 bits per heavy atom.